The number of carbonyl (C=O) groups excluding carboxylic acids is 1. The fraction of sp³-hybridized carbons (Fsp3) is 0.583. The van der Waals surface area contributed by atoms with Crippen LogP contribution in [0.1, 0.15) is 36.7 Å². The first-order valence-electron chi connectivity index (χ1n) is 6.16. The van der Waals surface area contributed by atoms with Crippen LogP contribution in [0.5, 0.6) is 0 Å². The van der Waals surface area contributed by atoms with E-state index in [0.717, 1.165) is 22.0 Å². The number of ketones is 1. The van der Waals surface area contributed by atoms with Crippen LogP contribution in [0.4, 0.5) is 5.13 Å². The van der Waals surface area contributed by atoms with E-state index in [1.807, 2.05) is 0 Å². The van der Waals surface area contributed by atoms with Gasteiger partial charge >= 0.3 is 0 Å². The number of anilines is 1. The van der Waals surface area contributed by atoms with Crippen molar-refractivity contribution in [1.82, 2.24) is 4.98 Å². The lowest BCUT2D eigenvalue weighted by atomic mass is 10.1. The Labute approximate surface area is 114 Å². The average molecular weight is 281 g/mol. The molecule has 1 aromatic heterocycles. The number of thiazole rings is 1. The number of aliphatic imine (C=N–C) groups is 1. The van der Waals surface area contributed by atoms with Gasteiger partial charge in [0.05, 0.1) is 6.04 Å². The Morgan fingerprint density at radius 2 is 2.39 bits per heavy atom. The largest absolute Gasteiger partial charge is 0.311 e. The lowest BCUT2D eigenvalue weighted by Gasteiger charge is -2.22. The van der Waals surface area contributed by atoms with Gasteiger partial charge in [-0.05, 0) is 18.8 Å². The van der Waals surface area contributed by atoms with Gasteiger partial charge < -0.3 is 5.32 Å². The van der Waals surface area contributed by atoms with E-state index >= 15 is 0 Å². The first-order valence-corrected chi connectivity index (χ1v) is 8.03. The Morgan fingerprint density at radius 3 is 3.17 bits per heavy atom. The van der Waals surface area contributed by atoms with Crippen molar-refractivity contribution in [2.45, 2.75) is 32.2 Å². The van der Waals surface area contributed by atoms with Gasteiger partial charge in [0.15, 0.2) is 16.1 Å². The van der Waals surface area contributed by atoms with Crippen molar-refractivity contribution in [3.05, 3.63) is 11.1 Å². The Kier molecular flexibility index (Phi) is 3.39. The topological polar surface area (TPSA) is 54.4 Å². The first-order chi connectivity index (χ1) is 8.72. The normalized spacial score (nSPS) is 26.6. The molecule has 1 aliphatic heterocycles. The summed E-state index contributed by atoms with van der Waals surface area (Å²) in [5, 5.41) is 6.75. The highest BCUT2D eigenvalue weighted by atomic mass is 32.2. The quantitative estimate of drug-likeness (QED) is 0.847. The summed E-state index contributed by atoms with van der Waals surface area (Å²) >= 11 is 3.23. The van der Waals surface area contributed by atoms with Gasteiger partial charge in [0.25, 0.3) is 0 Å². The van der Waals surface area contributed by atoms with Gasteiger partial charge in [-0.1, -0.05) is 18.2 Å². The second-order valence-corrected chi connectivity index (χ2v) is 6.59. The van der Waals surface area contributed by atoms with Crippen LogP contribution in [0.2, 0.25) is 0 Å². The third kappa shape index (κ3) is 2.44. The molecule has 1 fully saturated rings. The van der Waals surface area contributed by atoms with E-state index in [-0.39, 0.29) is 5.78 Å². The zero-order valence-electron chi connectivity index (χ0n) is 10.2. The summed E-state index contributed by atoms with van der Waals surface area (Å²) in [7, 11) is 0. The number of nitrogens with zero attached hydrogens (tertiary/aromatic N) is 2. The van der Waals surface area contributed by atoms with Crippen LogP contribution < -0.4 is 5.32 Å². The molecule has 18 heavy (non-hydrogen) atoms. The van der Waals surface area contributed by atoms with Gasteiger partial charge in [0, 0.05) is 18.1 Å². The van der Waals surface area contributed by atoms with Crippen molar-refractivity contribution in [1.29, 1.82) is 0 Å². The third-order valence-corrected chi connectivity index (χ3v) is 5.25. The molecule has 1 N–H and O–H groups in total. The minimum Gasteiger partial charge on any atom is -0.311 e. The van der Waals surface area contributed by atoms with Crippen molar-refractivity contribution in [3.8, 4) is 0 Å². The van der Waals surface area contributed by atoms with Gasteiger partial charge in [-0.2, -0.15) is 0 Å². The molecule has 2 heterocycles. The highest BCUT2D eigenvalue weighted by Gasteiger charge is 2.31. The maximum atomic E-state index is 11.2. The second-order valence-electron chi connectivity index (χ2n) is 4.72. The number of hydrogen-bond donors (Lipinski definition) is 1. The van der Waals surface area contributed by atoms with Crippen LogP contribution in [0.25, 0.3) is 0 Å². The van der Waals surface area contributed by atoms with E-state index in [0.29, 0.717) is 11.7 Å². The molecule has 0 amide bonds. The van der Waals surface area contributed by atoms with E-state index in [1.165, 1.54) is 37.5 Å². The fourth-order valence-electron chi connectivity index (χ4n) is 2.41. The molecule has 0 saturated heterocycles. The van der Waals surface area contributed by atoms with Crippen molar-refractivity contribution in [3.63, 3.8) is 0 Å². The van der Waals surface area contributed by atoms with Crippen LogP contribution in [-0.4, -0.2) is 27.7 Å². The predicted octanol–water partition coefficient (Wildman–Crippen LogP) is 3.03. The van der Waals surface area contributed by atoms with Gasteiger partial charge in [-0.3, -0.25) is 9.79 Å². The van der Waals surface area contributed by atoms with Gasteiger partial charge in [0.1, 0.15) is 5.69 Å². The summed E-state index contributed by atoms with van der Waals surface area (Å²) in [6.07, 6.45) is 3.84. The van der Waals surface area contributed by atoms with Crippen LogP contribution >= 0.6 is 23.1 Å². The molecule has 0 radical (unpaired) electrons. The highest BCUT2D eigenvalue weighted by molar-refractivity contribution is 8.14. The van der Waals surface area contributed by atoms with Crippen LogP contribution in [0, 0.1) is 5.92 Å². The lowest BCUT2D eigenvalue weighted by molar-refractivity contribution is 0.101. The summed E-state index contributed by atoms with van der Waals surface area (Å²) in [4.78, 5) is 20.2. The number of fused-ring (bicyclic) bond motifs is 1. The van der Waals surface area contributed by atoms with Gasteiger partial charge in [-0.15, -0.1) is 11.3 Å². The molecular formula is C12H15N3OS2. The number of rotatable bonds is 2. The molecule has 6 heteroatoms. The van der Waals surface area contributed by atoms with Crippen LogP contribution in [0.3, 0.4) is 0 Å². The number of hydrogen-bond acceptors (Lipinski definition) is 6. The molecule has 2 aliphatic rings. The smallest absolute Gasteiger partial charge is 0.189 e. The molecule has 0 bridgehead atoms. The van der Waals surface area contributed by atoms with E-state index in [9.17, 15) is 4.79 Å². The van der Waals surface area contributed by atoms with Crippen molar-refractivity contribution < 1.29 is 4.79 Å². The Bertz CT molecular complexity index is 497. The van der Waals surface area contributed by atoms with Crippen molar-refractivity contribution >= 4 is 39.2 Å². The molecule has 1 aromatic rings. The predicted molar refractivity (Wildman–Crippen MR) is 76.8 cm³/mol. The molecular weight excluding hydrogens is 266 g/mol. The number of Topliss-reactive ketones (excluding diaryl/α,β-unsaturated/α-hetero) is 1. The molecule has 0 aromatic carbocycles. The number of nitrogens with one attached hydrogen (secondary N) is 1. The lowest BCUT2D eigenvalue weighted by Crippen LogP contribution is -2.25. The van der Waals surface area contributed by atoms with Crippen molar-refractivity contribution in [2.24, 2.45) is 10.9 Å². The Hall–Kier alpha value is -0.880. The number of thioether (sulfide) groups is 1. The Balaban J connectivity index is 1.70. The minimum atomic E-state index is 0.00777. The monoisotopic (exact) mass is 281 g/mol. The average Bonchev–Trinajstić information content (AvgIpc) is 2.96. The van der Waals surface area contributed by atoms with Crippen LogP contribution in [0.15, 0.2) is 10.4 Å². The second kappa shape index (κ2) is 5.01. The van der Waals surface area contributed by atoms with E-state index in [1.54, 1.807) is 17.1 Å². The molecule has 2 unspecified atom stereocenters. The number of amidine groups is 1. The molecule has 3 rings (SSSR count). The standard InChI is InChI=1S/C12H15N3OS2/c1-7(16)10-6-18-12(14-10)15-11-13-9-4-2-3-8(9)5-17-11/h6,8-9H,2-5H2,1H3,(H,13,14,15). The SMILES string of the molecule is CC(=O)c1csc(NC2=NC3CCCC3CS2)n1. The highest BCUT2D eigenvalue weighted by Crippen LogP contribution is 2.35. The molecule has 1 saturated carbocycles. The molecule has 96 valence electrons. The van der Waals surface area contributed by atoms with E-state index in [4.69, 9.17) is 4.99 Å². The summed E-state index contributed by atoms with van der Waals surface area (Å²) in [5.41, 5.74) is 0.530. The summed E-state index contributed by atoms with van der Waals surface area (Å²) in [5.74, 6) is 1.93. The zero-order chi connectivity index (χ0) is 12.5. The van der Waals surface area contributed by atoms with E-state index < -0.39 is 0 Å². The maximum absolute atomic E-state index is 11.2. The third-order valence-electron chi connectivity index (χ3n) is 3.41. The zero-order valence-corrected chi connectivity index (χ0v) is 11.8. The number of carbonyl (C=O) groups is 1. The maximum Gasteiger partial charge on any atom is 0.189 e. The summed E-state index contributed by atoms with van der Waals surface area (Å²) in [6.45, 7) is 1.54. The molecule has 0 spiro atoms. The van der Waals surface area contributed by atoms with E-state index in [2.05, 4.69) is 10.3 Å². The molecule has 4 nitrogen and oxygen atoms in total. The molecule has 2 atom stereocenters. The Morgan fingerprint density at radius 1 is 1.50 bits per heavy atom. The van der Waals surface area contributed by atoms with Gasteiger partial charge in [-0.25, -0.2) is 4.98 Å². The summed E-state index contributed by atoms with van der Waals surface area (Å²) in [6, 6.07) is 0.501. The minimum absolute atomic E-state index is 0.00777. The fourth-order valence-corrected chi connectivity index (χ4v) is 4.36. The summed E-state index contributed by atoms with van der Waals surface area (Å²) < 4.78 is 0. The van der Waals surface area contributed by atoms with Crippen molar-refractivity contribution in [2.75, 3.05) is 11.1 Å². The first kappa shape index (κ1) is 12.2. The van der Waals surface area contributed by atoms with Crippen LogP contribution in [-0.2, 0) is 0 Å². The van der Waals surface area contributed by atoms with Gasteiger partial charge in [0.2, 0.25) is 0 Å². The number of aromatic nitrogens is 1. The molecule has 1 aliphatic carbocycles.